The van der Waals surface area contributed by atoms with E-state index in [2.05, 4.69) is 64.3 Å². The molecule has 0 saturated heterocycles. The Balaban J connectivity index is 1.86. The van der Waals surface area contributed by atoms with E-state index in [0.717, 1.165) is 22.7 Å². The smallest absolute Gasteiger partial charge is 0.0927 e. The van der Waals surface area contributed by atoms with Gasteiger partial charge >= 0.3 is 0 Å². The van der Waals surface area contributed by atoms with Gasteiger partial charge in [-0.2, -0.15) is 16.9 Å². The first kappa shape index (κ1) is 12.5. The lowest BCUT2D eigenvalue weighted by molar-refractivity contribution is 1.10. The Hall–Kier alpha value is -1.52. The van der Waals surface area contributed by atoms with Crippen molar-refractivity contribution in [3.63, 3.8) is 0 Å². The van der Waals surface area contributed by atoms with Crippen LogP contribution in [0.25, 0.3) is 21.8 Å². The number of aromatic nitrogens is 2. The standard InChI is InChI=1S/C15H14N2S2/c1-18-10-11-4-6-12(7-5-11)13-9-14(17-16-13)15-3-2-8-19-15/h2-9H,10H2,1H3,(H,16,17). The molecule has 0 spiro atoms. The Bertz CT molecular complexity index is 639. The monoisotopic (exact) mass is 286 g/mol. The summed E-state index contributed by atoms with van der Waals surface area (Å²) in [7, 11) is 0. The molecule has 0 amide bonds. The fourth-order valence-corrected chi connectivity index (χ4v) is 3.18. The van der Waals surface area contributed by atoms with Crippen LogP contribution in [0.5, 0.6) is 0 Å². The van der Waals surface area contributed by atoms with Crippen LogP contribution in [-0.2, 0) is 5.75 Å². The van der Waals surface area contributed by atoms with E-state index >= 15 is 0 Å². The fourth-order valence-electron chi connectivity index (χ4n) is 1.97. The van der Waals surface area contributed by atoms with E-state index in [4.69, 9.17) is 0 Å². The average molecular weight is 286 g/mol. The number of thiophene rings is 1. The molecule has 1 aromatic carbocycles. The van der Waals surface area contributed by atoms with Crippen molar-refractivity contribution in [1.82, 2.24) is 10.2 Å². The van der Waals surface area contributed by atoms with Crippen molar-refractivity contribution in [2.24, 2.45) is 0 Å². The Kier molecular flexibility index (Phi) is 3.71. The maximum atomic E-state index is 4.39. The average Bonchev–Trinajstić information content (AvgIpc) is 3.11. The first-order chi connectivity index (χ1) is 9.36. The van der Waals surface area contributed by atoms with Crippen LogP contribution in [0, 0.1) is 0 Å². The van der Waals surface area contributed by atoms with E-state index < -0.39 is 0 Å². The highest BCUT2D eigenvalue weighted by Gasteiger charge is 2.06. The molecule has 3 rings (SSSR count). The van der Waals surface area contributed by atoms with Crippen molar-refractivity contribution in [1.29, 1.82) is 0 Å². The molecule has 0 atom stereocenters. The van der Waals surface area contributed by atoms with E-state index in [-0.39, 0.29) is 0 Å². The van der Waals surface area contributed by atoms with Crippen molar-refractivity contribution >= 4 is 23.1 Å². The zero-order chi connectivity index (χ0) is 13.1. The van der Waals surface area contributed by atoms with Gasteiger partial charge in [-0.05, 0) is 29.3 Å². The second-order valence-electron chi connectivity index (χ2n) is 4.27. The maximum absolute atomic E-state index is 4.39. The van der Waals surface area contributed by atoms with Gasteiger partial charge in [0.15, 0.2) is 0 Å². The lowest BCUT2D eigenvalue weighted by atomic mass is 10.1. The summed E-state index contributed by atoms with van der Waals surface area (Å²) in [6.07, 6.45) is 2.12. The summed E-state index contributed by atoms with van der Waals surface area (Å²) in [5.74, 6) is 1.06. The Morgan fingerprint density at radius 1 is 1.21 bits per heavy atom. The molecule has 0 fully saturated rings. The minimum Gasteiger partial charge on any atom is -0.276 e. The Morgan fingerprint density at radius 3 is 2.74 bits per heavy atom. The molecule has 2 nitrogen and oxygen atoms in total. The van der Waals surface area contributed by atoms with E-state index in [9.17, 15) is 0 Å². The third-order valence-electron chi connectivity index (χ3n) is 2.93. The molecular weight excluding hydrogens is 272 g/mol. The van der Waals surface area contributed by atoms with Crippen LogP contribution in [0.2, 0.25) is 0 Å². The largest absolute Gasteiger partial charge is 0.276 e. The lowest BCUT2D eigenvalue weighted by Gasteiger charge is -2.00. The van der Waals surface area contributed by atoms with E-state index in [1.54, 1.807) is 11.3 Å². The van der Waals surface area contributed by atoms with Crippen LogP contribution in [0.1, 0.15) is 5.56 Å². The highest BCUT2D eigenvalue weighted by Crippen LogP contribution is 2.27. The van der Waals surface area contributed by atoms with Gasteiger partial charge in [0, 0.05) is 11.3 Å². The summed E-state index contributed by atoms with van der Waals surface area (Å²) in [4.78, 5) is 1.22. The zero-order valence-electron chi connectivity index (χ0n) is 10.6. The summed E-state index contributed by atoms with van der Waals surface area (Å²) in [5, 5.41) is 9.57. The van der Waals surface area contributed by atoms with Crippen molar-refractivity contribution in [2.45, 2.75) is 5.75 Å². The molecule has 2 aromatic heterocycles. The van der Waals surface area contributed by atoms with Gasteiger partial charge < -0.3 is 0 Å². The van der Waals surface area contributed by atoms with Crippen LogP contribution < -0.4 is 0 Å². The number of benzene rings is 1. The number of hydrogen-bond acceptors (Lipinski definition) is 3. The number of H-pyrrole nitrogens is 1. The van der Waals surface area contributed by atoms with E-state index in [0.29, 0.717) is 0 Å². The molecule has 0 saturated carbocycles. The number of rotatable bonds is 4. The van der Waals surface area contributed by atoms with Crippen molar-refractivity contribution in [2.75, 3.05) is 6.26 Å². The fraction of sp³-hybridized carbons (Fsp3) is 0.133. The lowest BCUT2D eigenvalue weighted by Crippen LogP contribution is -1.81. The van der Waals surface area contributed by atoms with Crippen molar-refractivity contribution in [3.8, 4) is 21.8 Å². The molecule has 0 bridgehead atoms. The summed E-state index contributed by atoms with van der Waals surface area (Å²) >= 11 is 3.56. The normalized spacial score (nSPS) is 10.8. The predicted octanol–water partition coefficient (Wildman–Crippen LogP) is 4.67. The highest BCUT2D eigenvalue weighted by atomic mass is 32.2. The summed E-state index contributed by atoms with van der Waals surface area (Å²) in [6.45, 7) is 0. The third-order valence-corrected chi connectivity index (χ3v) is 4.45. The summed E-state index contributed by atoms with van der Waals surface area (Å²) in [6, 6.07) is 14.9. The first-order valence-electron chi connectivity index (χ1n) is 6.04. The number of hydrogen-bond donors (Lipinski definition) is 1. The van der Waals surface area contributed by atoms with E-state index in [1.165, 1.54) is 10.4 Å². The number of aromatic amines is 1. The second-order valence-corrected chi connectivity index (χ2v) is 6.09. The van der Waals surface area contributed by atoms with E-state index in [1.807, 2.05) is 11.8 Å². The van der Waals surface area contributed by atoms with Gasteiger partial charge in [0.1, 0.15) is 0 Å². The highest BCUT2D eigenvalue weighted by molar-refractivity contribution is 7.97. The first-order valence-corrected chi connectivity index (χ1v) is 8.32. The van der Waals surface area contributed by atoms with Crippen molar-refractivity contribution < 1.29 is 0 Å². The summed E-state index contributed by atoms with van der Waals surface area (Å²) in [5.41, 5.74) is 4.59. The summed E-state index contributed by atoms with van der Waals surface area (Å²) < 4.78 is 0. The van der Waals surface area contributed by atoms with Crippen molar-refractivity contribution in [3.05, 3.63) is 53.4 Å². The molecule has 1 N–H and O–H groups in total. The maximum Gasteiger partial charge on any atom is 0.0927 e. The minimum atomic E-state index is 0.999. The van der Waals surface area contributed by atoms with Gasteiger partial charge in [-0.25, -0.2) is 0 Å². The Labute approximate surface area is 120 Å². The third kappa shape index (κ3) is 2.74. The molecule has 4 heteroatoms. The predicted molar refractivity (Wildman–Crippen MR) is 84.6 cm³/mol. The van der Waals surface area contributed by atoms with Crippen LogP contribution >= 0.6 is 23.1 Å². The molecule has 0 unspecified atom stereocenters. The van der Waals surface area contributed by atoms with Crippen LogP contribution in [0.15, 0.2) is 47.8 Å². The molecule has 2 heterocycles. The number of thioether (sulfide) groups is 1. The van der Waals surface area contributed by atoms with Gasteiger partial charge in [0.25, 0.3) is 0 Å². The molecule has 3 aromatic rings. The number of nitrogens with one attached hydrogen (secondary N) is 1. The zero-order valence-corrected chi connectivity index (χ0v) is 12.2. The minimum absolute atomic E-state index is 0.999. The molecule has 19 heavy (non-hydrogen) atoms. The molecule has 0 aliphatic carbocycles. The molecule has 0 aliphatic rings. The molecule has 96 valence electrons. The van der Waals surface area contributed by atoms with Crippen LogP contribution in [0.3, 0.4) is 0 Å². The second kappa shape index (κ2) is 5.63. The molecular formula is C15H14N2S2. The van der Waals surface area contributed by atoms with Gasteiger partial charge in [0.05, 0.1) is 16.3 Å². The van der Waals surface area contributed by atoms with Crippen LogP contribution in [-0.4, -0.2) is 16.5 Å². The molecule has 0 aliphatic heterocycles. The van der Waals surface area contributed by atoms with Gasteiger partial charge in [0.2, 0.25) is 0 Å². The van der Waals surface area contributed by atoms with Gasteiger partial charge in [-0.15, -0.1) is 11.3 Å². The van der Waals surface area contributed by atoms with Gasteiger partial charge in [-0.3, -0.25) is 5.10 Å². The number of nitrogens with zero attached hydrogens (tertiary/aromatic N) is 1. The van der Waals surface area contributed by atoms with Crippen LogP contribution in [0.4, 0.5) is 0 Å². The molecule has 0 radical (unpaired) electrons. The quantitative estimate of drug-likeness (QED) is 0.755. The Morgan fingerprint density at radius 2 is 2.05 bits per heavy atom. The van der Waals surface area contributed by atoms with Gasteiger partial charge in [-0.1, -0.05) is 30.3 Å². The topological polar surface area (TPSA) is 28.7 Å². The SMILES string of the molecule is CSCc1ccc(-c2cc(-c3cccs3)[nH]n2)cc1.